The predicted molar refractivity (Wildman–Crippen MR) is 65.3 cm³/mol. The van der Waals surface area contributed by atoms with Crippen LogP contribution < -0.4 is 0 Å². The minimum absolute atomic E-state index is 0.525. The second-order valence-corrected chi connectivity index (χ2v) is 7.07. The highest BCUT2D eigenvalue weighted by Gasteiger charge is 2.46. The zero-order valence-corrected chi connectivity index (χ0v) is 11.3. The maximum atomic E-state index is 4.62. The number of thiazole rings is 1. The van der Waals surface area contributed by atoms with Crippen molar-refractivity contribution in [2.75, 3.05) is 0 Å². The molecule has 0 N–H and O–H groups in total. The molecule has 0 amide bonds. The van der Waals surface area contributed by atoms with Crippen molar-refractivity contribution in [1.29, 1.82) is 0 Å². The second kappa shape index (κ2) is 3.60. The van der Waals surface area contributed by atoms with E-state index in [0.29, 0.717) is 10.2 Å². The largest absolute Gasteiger partial charge is 0.246 e. The molecule has 1 aromatic rings. The molecule has 78 valence electrons. The molecule has 1 heterocycles. The fourth-order valence-corrected chi connectivity index (χ4v) is 3.50. The number of nitrogens with zero attached hydrogens (tertiary/aromatic N) is 1. The third-order valence-electron chi connectivity index (χ3n) is 3.31. The zero-order valence-electron chi connectivity index (χ0n) is 8.93. The Bertz CT molecular complexity index is 320. The van der Waals surface area contributed by atoms with E-state index in [1.165, 1.54) is 34.8 Å². The Kier molecular flexibility index (Phi) is 2.73. The van der Waals surface area contributed by atoms with Gasteiger partial charge in [0.25, 0.3) is 0 Å². The highest BCUT2D eigenvalue weighted by atomic mass is 79.9. The number of alkyl halides is 1. The molecule has 1 atom stereocenters. The quantitative estimate of drug-likeness (QED) is 0.762. The third-order valence-corrected chi connectivity index (χ3v) is 5.36. The molecule has 0 bridgehead atoms. The summed E-state index contributed by atoms with van der Waals surface area (Å²) >= 11 is 5.58. The second-order valence-electron chi connectivity index (χ2n) is 4.40. The van der Waals surface area contributed by atoms with Crippen LogP contribution in [0.1, 0.15) is 35.3 Å². The van der Waals surface area contributed by atoms with E-state index in [9.17, 15) is 0 Å². The Balaban J connectivity index is 2.11. The van der Waals surface area contributed by atoms with Crippen molar-refractivity contribution in [2.24, 2.45) is 5.41 Å². The molecule has 1 aromatic heterocycles. The van der Waals surface area contributed by atoms with Gasteiger partial charge in [0.05, 0.1) is 10.7 Å². The molecular formula is C11H16BrNS. The summed E-state index contributed by atoms with van der Waals surface area (Å²) in [5.74, 6) is 0. The Morgan fingerprint density at radius 1 is 1.50 bits per heavy atom. The Labute approximate surface area is 98.1 Å². The van der Waals surface area contributed by atoms with E-state index in [0.717, 1.165) is 0 Å². The van der Waals surface area contributed by atoms with Crippen LogP contribution in [0.15, 0.2) is 0 Å². The Hall–Kier alpha value is 0.110. The molecule has 0 aromatic carbocycles. The first-order valence-corrected chi connectivity index (χ1v) is 6.84. The van der Waals surface area contributed by atoms with Crippen molar-refractivity contribution in [3.05, 3.63) is 15.6 Å². The van der Waals surface area contributed by atoms with Crippen molar-refractivity contribution < 1.29 is 0 Å². The summed E-state index contributed by atoms with van der Waals surface area (Å²) in [4.78, 5) is 6.61. The van der Waals surface area contributed by atoms with Crippen LogP contribution in [0.5, 0.6) is 0 Å². The van der Waals surface area contributed by atoms with Crippen LogP contribution in [0.2, 0.25) is 0 Å². The Morgan fingerprint density at radius 3 is 2.50 bits per heavy atom. The van der Waals surface area contributed by atoms with E-state index in [2.05, 4.69) is 41.7 Å². The summed E-state index contributed by atoms with van der Waals surface area (Å²) in [6.07, 6.45) is 3.88. The average molecular weight is 274 g/mol. The number of aromatic nitrogens is 1. The van der Waals surface area contributed by atoms with E-state index in [1.54, 1.807) is 0 Å². The Morgan fingerprint density at radius 2 is 2.14 bits per heavy atom. The summed E-state index contributed by atoms with van der Waals surface area (Å²) in [5, 5.41) is 1.32. The van der Waals surface area contributed by atoms with Gasteiger partial charge in [0.15, 0.2) is 0 Å². The average Bonchev–Trinajstić information content (AvgIpc) is 2.78. The van der Waals surface area contributed by atoms with Crippen molar-refractivity contribution >= 4 is 27.3 Å². The smallest absolute Gasteiger partial charge is 0.0936 e. The van der Waals surface area contributed by atoms with E-state index in [4.69, 9.17) is 0 Å². The molecule has 1 nitrogen and oxygen atoms in total. The highest BCUT2D eigenvalue weighted by Crippen LogP contribution is 2.54. The van der Waals surface area contributed by atoms with E-state index < -0.39 is 0 Å². The topological polar surface area (TPSA) is 12.9 Å². The first-order valence-electron chi connectivity index (χ1n) is 5.10. The van der Waals surface area contributed by atoms with E-state index in [1.807, 2.05) is 11.3 Å². The molecule has 1 unspecified atom stereocenters. The fourth-order valence-electron chi connectivity index (χ4n) is 1.79. The molecule has 1 aliphatic rings. The summed E-state index contributed by atoms with van der Waals surface area (Å²) in [6, 6.07) is 0. The zero-order chi connectivity index (χ0) is 10.3. The first kappa shape index (κ1) is 10.6. The maximum Gasteiger partial charge on any atom is 0.0936 e. The van der Waals surface area contributed by atoms with Gasteiger partial charge in [0.1, 0.15) is 0 Å². The number of hydrogen-bond acceptors (Lipinski definition) is 2. The van der Waals surface area contributed by atoms with Gasteiger partial charge in [-0.05, 0) is 32.1 Å². The van der Waals surface area contributed by atoms with Crippen molar-refractivity contribution in [2.45, 2.75) is 44.9 Å². The van der Waals surface area contributed by atoms with Crippen LogP contribution in [0, 0.1) is 19.3 Å². The standard InChI is InChI=1S/C11H16BrNS/c1-7-8(2)14-10(13-7)6-11(4-5-11)9(3)12/h9H,4-6H2,1-3H3. The van der Waals surface area contributed by atoms with Crippen LogP contribution in [-0.2, 0) is 6.42 Å². The van der Waals surface area contributed by atoms with Crippen LogP contribution in [0.25, 0.3) is 0 Å². The van der Waals surface area contributed by atoms with Gasteiger partial charge in [0, 0.05) is 16.1 Å². The van der Waals surface area contributed by atoms with Gasteiger partial charge >= 0.3 is 0 Å². The van der Waals surface area contributed by atoms with Crippen molar-refractivity contribution in [3.63, 3.8) is 0 Å². The minimum Gasteiger partial charge on any atom is -0.246 e. The molecule has 1 saturated carbocycles. The lowest BCUT2D eigenvalue weighted by Gasteiger charge is -2.15. The van der Waals surface area contributed by atoms with Crippen LogP contribution in [0.4, 0.5) is 0 Å². The van der Waals surface area contributed by atoms with Crippen molar-refractivity contribution in [3.8, 4) is 0 Å². The van der Waals surface area contributed by atoms with Gasteiger partial charge in [-0.25, -0.2) is 4.98 Å². The van der Waals surface area contributed by atoms with Crippen LogP contribution in [-0.4, -0.2) is 9.81 Å². The lowest BCUT2D eigenvalue weighted by molar-refractivity contribution is 0.507. The third kappa shape index (κ3) is 1.89. The molecule has 1 aliphatic carbocycles. The highest BCUT2D eigenvalue weighted by molar-refractivity contribution is 9.09. The number of hydrogen-bond donors (Lipinski definition) is 0. The molecule has 3 heteroatoms. The van der Waals surface area contributed by atoms with Crippen LogP contribution in [0.3, 0.4) is 0 Å². The molecule has 0 aliphatic heterocycles. The summed E-state index contributed by atoms with van der Waals surface area (Å²) < 4.78 is 0. The summed E-state index contributed by atoms with van der Waals surface area (Å²) in [5.41, 5.74) is 1.74. The molecule has 2 rings (SSSR count). The monoisotopic (exact) mass is 273 g/mol. The van der Waals surface area contributed by atoms with Gasteiger partial charge in [-0.2, -0.15) is 0 Å². The number of halogens is 1. The number of aryl methyl sites for hydroxylation is 2. The molecular weight excluding hydrogens is 258 g/mol. The van der Waals surface area contributed by atoms with Gasteiger partial charge in [-0.1, -0.05) is 22.9 Å². The summed E-state index contributed by atoms with van der Waals surface area (Å²) in [6.45, 7) is 6.53. The van der Waals surface area contributed by atoms with E-state index >= 15 is 0 Å². The van der Waals surface area contributed by atoms with Gasteiger partial charge in [-0.15, -0.1) is 11.3 Å². The fraction of sp³-hybridized carbons (Fsp3) is 0.727. The van der Waals surface area contributed by atoms with Crippen LogP contribution >= 0.6 is 27.3 Å². The summed E-state index contributed by atoms with van der Waals surface area (Å²) in [7, 11) is 0. The predicted octanol–water partition coefficient (Wildman–Crippen LogP) is 3.87. The molecule has 0 radical (unpaired) electrons. The number of rotatable bonds is 3. The van der Waals surface area contributed by atoms with Gasteiger partial charge in [-0.3, -0.25) is 0 Å². The molecule has 1 fully saturated rings. The van der Waals surface area contributed by atoms with Gasteiger partial charge in [0.2, 0.25) is 0 Å². The lowest BCUT2D eigenvalue weighted by atomic mass is 10.00. The molecule has 0 spiro atoms. The molecule has 0 saturated heterocycles. The molecule has 14 heavy (non-hydrogen) atoms. The minimum atomic E-state index is 0.525. The maximum absolute atomic E-state index is 4.62. The van der Waals surface area contributed by atoms with Crippen molar-refractivity contribution in [1.82, 2.24) is 4.98 Å². The van der Waals surface area contributed by atoms with E-state index in [-0.39, 0.29) is 0 Å². The normalized spacial score (nSPS) is 20.9. The lowest BCUT2D eigenvalue weighted by Crippen LogP contribution is -2.14. The van der Waals surface area contributed by atoms with Gasteiger partial charge < -0.3 is 0 Å². The first-order chi connectivity index (χ1) is 6.53. The SMILES string of the molecule is Cc1nc(CC2(C(C)Br)CC2)sc1C.